The maximum Gasteiger partial charge on any atom is 0.276 e. The molecule has 1 atom stereocenters. The maximum atomic E-state index is 12.7. The van der Waals surface area contributed by atoms with E-state index >= 15 is 0 Å². The minimum Gasteiger partial charge on any atom is -0.505 e. The van der Waals surface area contributed by atoms with Crippen LogP contribution in [0.5, 0.6) is 5.75 Å². The van der Waals surface area contributed by atoms with E-state index in [9.17, 15) is 9.90 Å². The highest BCUT2D eigenvalue weighted by Gasteiger charge is 2.30. The highest BCUT2D eigenvalue weighted by Crippen LogP contribution is 2.31. The van der Waals surface area contributed by atoms with Crippen LogP contribution in [0.25, 0.3) is 0 Å². The van der Waals surface area contributed by atoms with Crippen molar-refractivity contribution in [3.8, 4) is 5.75 Å². The zero-order chi connectivity index (χ0) is 14.7. The van der Waals surface area contributed by atoms with Crippen LogP contribution in [0.4, 0.5) is 0 Å². The zero-order valence-corrected chi connectivity index (χ0v) is 12.3. The second-order valence-electron chi connectivity index (χ2n) is 4.87. The second kappa shape index (κ2) is 6.18. The molecule has 1 saturated heterocycles. The normalized spacial score (nSPS) is 18.5. The molecule has 3 rings (SSSR count). The number of carbonyl (C=O) groups is 1. The van der Waals surface area contributed by atoms with Gasteiger partial charge in [-0.2, -0.15) is 11.8 Å². The number of aromatic hydroxyl groups is 1. The molecule has 0 unspecified atom stereocenters. The molecular weight excluding hydrogens is 284 g/mol. The van der Waals surface area contributed by atoms with Crippen LogP contribution in [0.1, 0.15) is 22.1 Å². The third-order valence-corrected chi connectivity index (χ3v) is 4.59. The van der Waals surface area contributed by atoms with Gasteiger partial charge in [0.25, 0.3) is 5.91 Å². The number of amides is 1. The molecule has 1 aromatic carbocycles. The Morgan fingerprint density at radius 1 is 1.24 bits per heavy atom. The molecular formula is C16H16N2O2S. The lowest BCUT2D eigenvalue weighted by Gasteiger charge is -2.35. The van der Waals surface area contributed by atoms with E-state index in [2.05, 4.69) is 4.98 Å². The smallest absolute Gasteiger partial charge is 0.276 e. The average molecular weight is 300 g/mol. The number of hydrogen-bond donors (Lipinski definition) is 1. The minimum atomic E-state index is -0.206. The number of aromatic nitrogens is 1. The predicted molar refractivity (Wildman–Crippen MR) is 83.4 cm³/mol. The molecule has 108 valence electrons. The van der Waals surface area contributed by atoms with Crippen molar-refractivity contribution < 1.29 is 9.90 Å². The van der Waals surface area contributed by atoms with E-state index in [0.717, 1.165) is 17.1 Å². The Balaban J connectivity index is 1.91. The fraction of sp³-hybridized carbons (Fsp3) is 0.250. The molecule has 2 aromatic rings. The SMILES string of the molecule is O=C(c1ncccc1O)N1CCSC[C@@H]1c1ccccc1. The fourth-order valence-corrected chi connectivity index (χ4v) is 3.58. The second-order valence-corrected chi connectivity index (χ2v) is 6.02. The van der Waals surface area contributed by atoms with Gasteiger partial charge < -0.3 is 10.0 Å². The molecule has 1 aliphatic rings. The largest absolute Gasteiger partial charge is 0.505 e. The van der Waals surface area contributed by atoms with Crippen LogP contribution in [0.15, 0.2) is 48.7 Å². The quantitative estimate of drug-likeness (QED) is 0.926. The van der Waals surface area contributed by atoms with E-state index < -0.39 is 0 Å². The first-order valence-corrected chi connectivity index (χ1v) is 8.00. The van der Waals surface area contributed by atoms with Gasteiger partial charge in [0, 0.05) is 24.2 Å². The maximum absolute atomic E-state index is 12.7. The van der Waals surface area contributed by atoms with Gasteiger partial charge in [-0.1, -0.05) is 30.3 Å². The highest BCUT2D eigenvalue weighted by molar-refractivity contribution is 7.99. The molecule has 1 aliphatic heterocycles. The summed E-state index contributed by atoms with van der Waals surface area (Å²) in [6, 6.07) is 13.1. The summed E-state index contributed by atoms with van der Waals surface area (Å²) in [7, 11) is 0. The van der Waals surface area contributed by atoms with Crippen molar-refractivity contribution in [2.24, 2.45) is 0 Å². The lowest BCUT2D eigenvalue weighted by atomic mass is 10.1. The molecule has 5 heteroatoms. The van der Waals surface area contributed by atoms with Crippen molar-refractivity contribution >= 4 is 17.7 Å². The predicted octanol–water partition coefficient (Wildman–Crippen LogP) is 2.72. The van der Waals surface area contributed by atoms with E-state index in [1.807, 2.05) is 47.0 Å². The standard InChI is InChI=1S/C16H16N2O2S/c19-14-7-4-8-17-15(14)16(20)18-9-10-21-11-13(18)12-5-2-1-3-6-12/h1-8,13,19H,9-11H2/t13-/m1/s1. The minimum absolute atomic E-state index is 0.0267. The van der Waals surface area contributed by atoms with Gasteiger partial charge >= 0.3 is 0 Å². The Kier molecular flexibility index (Phi) is 4.10. The van der Waals surface area contributed by atoms with Crippen molar-refractivity contribution in [3.63, 3.8) is 0 Å². The summed E-state index contributed by atoms with van der Waals surface area (Å²) in [6.45, 7) is 0.666. The summed E-state index contributed by atoms with van der Waals surface area (Å²) >= 11 is 1.84. The Hall–Kier alpha value is -2.01. The van der Waals surface area contributed by atoms with Crippen molar-refractivity contribution in [1.82, 2.24) is 9.88 Å². The summed E-state index contributed by atoms with van der Waals surface area (Å²) in [4.78, 5) is 18.5. The molecule has 0 bridgehead atoms. The number of rotatable bonds is 2. The molecule has 1 amide bonds. The van der Waals surface area contributed by atoms with E-state index in [0.29, 0.717) is 6.54 Å². The van der Waals surface area contributed by atoms with Crippen LogP contribution in [-0.2, 0) is 0 Å². The topological polar surface area (TPSA) is 53.4 Å². The third-order valence-electron chi connectivity index (χ3n) is 3.56. The molecule has 0 saturated carbocycles. The molecule has 4 nitrogen and oxygen atoms in total. The number of nitrogens with zero attached hydrogens (tertiary/aromatic N) is 2. The molecule has 1 fully saturated rings. The van der Waals surface area contributed by atoms with Gasteiger partial charge in [-0.3, -0.25) is 4.79 Å². The lowest BCUT2D eigenvalue weighted by molar-refractivity contribution is 0.0692. The van der Waals surface area contributed by atoms with Gasteiger partial charge in [-0.25, -0.2) is 4.98 Å². The molecule has 1 aromatic heterocycles. The number of pyridine rings is 1. The first kappa shape index (κ1) is 13.9. The molecule has 0 aliphatic carbocycles. The van der Waals surface area contributed by atoms with Crippen molar-refractivity contribution in [2.45, 2.75) is 6.04 Å². The number of carbonyl (C=O) groups excluding carboxylic acids is 1. The van der Waals surface area contributed by atoms with E-state index in [1.54, 1.807) is 6.07 Å². The molecule has 0 spiro atoms. The van der Waals surface area contributed by atoms with Crippen molar-refractivity contribution in [1.29, 1.82) is 0 Å². The van der Waals surface area contributed by atoms with E-state index in [-0.39, 0.29) is 23.4 Å². The Morgan fingerprint density at radius 3 is 2.81 bits per heavy atom. The summed E-state index contributed by atoms with van der Waals surface area (Å²) in [5.74, 6) is 1.50. The number of hydrogen-bond acceptors (Lipinski definition) is 4. The molecule has 1 N–H and O–H groups in total. The van der Waals surface area contributed by atoms with Crippen LogP contribution in [0.2, 0.25) is 0 Å². The summed E-state index contributed by atoms with van der Waals surface area (Å²) < 4.78 is 0. The zero-order valence-electron chi connectivity index (χ0n) is 11.5. The molecule has 21 heavy (non-hydrogen) atoms. The monoisotopic (exact) mass is 300 g/mol. The van der Waals surface area contributed by atoms with Gasteiger partial charge in [-0.05, 0) is 17.7 Å². The Morgan fingerprint density at radius 2 is 2.05 bits per heavy atom. The first-order valence-electron chi connectivity index (χ1n) is 6.85. The Labute approximate surface area is 127 Å². The van der Waals surface area contributed by atoms with Crippen LogP contribution < -0.4 is 0 Å². The van der Waals surface area contributed by atoms with Gasteiger partial charge in [-0.15, -0.1) is 0 Å². The summed E-state index contributed by atoms with van der Waals surface area (Å²) in [6.07, 6.45) is 1.53. The summed E-state index contributed by atoms with van der Waals surface area (Å²) in [5, 5.41) is 9.85. The van der Waals surface area contributed by atoms with E-state index in [4.69, 9.17) is 0 Å². The van der Waals surface area contributed by atoms with Gasteiger partial charge in [0.05, 0.1) is 6.04 Å². The van der Waals surface area contributed by atoms with Crippen LogP contribution in [0.3, 0.4) is 0 Å². The average Bonchev–Trinajstić information content (AvgIpc) is 2.55. The van der Waals surface area contributed by atoms with Gasteiger partial charge in [0.15, 0.2) is 5.69 Å². The van der Waals surface area contributed by atoms with E-state index in [1.165, 1.54) is 12.3 Å². The van der Waals surface area contributed by atoms with Crippen molar-refractivity contribution in [2.75, 3.05) is 18.1 Å². The lowest BCUT2D eigenvalue weighted by Crippen LogP contribution is -2.41. The first-order chi connectivity index (χ1) is 10.3. The van der Waals surface area contributed by atoms with Gasteiger partial charge in [0.2, 0.25) is 0 Å². The number of thioether (sulfide) groups is 1. The molecule has 0 radical (unpaired) electrons. The van der Waals surface area contributed by atoms with Crippen LogP contribution in [-0.4, -0.2) is 38.9 Å². The number of benzene rings is 1. The van der Waals surface area contributed by atoms with Crippen molar-refractivity contribution in [3.05, 3.63) is 59.9 Å². The highest BCUT2D eigenvalue weighted by atomic mass is 32.2. The Bertz CT molecular complexity index is 633. The van der Waals surface area contributed by atoms with Gasteiger partial charge in [0.1, 0.15) is 5.75 Å². The third kappa shape index (κ3) is 2.88. The van der Waals surface area contributed by atoms with Crippen LogP contribution >= 0.6 is 11.8 Å². The summed E-state index contributed by atoms with van der Waals surface area (Å²) in [5.41, 5.74) is 1.25. The van der Waals surface area contributed by atoms with Crippen LogP contribution in [0, 0.1) is 0 Å². The fourth-order valence-electron chi connectivity index (χ4n) is 2.50. The molecule has 2 heterocycles.